The molecular weight excluding hydrogens is 284 g/mol. The molecule has 1 aromatic carbocycles. The average Bonchev–Trinajstić information content (AvgIpc) is 2.53. The third kappa shape index (κ3) is 4.22. The smallest absolute Gasteiger partial charge is 0.308 e. The number of rotatable bonds is 5. The van der Waals surface area contributed by atoms with Crippen LogP contribution in [0.5, 0.6) is 5.75 Å². The summed E-state index contributed by atoms with van der Waals surface area (Å²) in [4.78, 5) is 23.1. The van der Waals surface area contributed by atoms with E-state index in [1.807, 2.05) is 6.07 Å². The van der Waals surface area contributed by atoms with Gasteiger partial charge in [-0.2, -0.15) is 5.26 Å². The molecule has 22 heavy (non-hydrogen) atoms. The minimum Gasteiger partial charge on any atom is -0.484 e. The molecule has 2 rings (SSSR count). The van der Waals surface area contributed by atoms with Gasteiger partial charge in [-0.1, -0.05) is 18.9 Å². The van der Waals surface area contributed by atoms with E-state index in [0.717, 1.165) is 12.8 Å². The fraction of sp³-hybridized carbons (Fsp3) is 0.438. The molecular formula is C16H18N2O4. The van der Waals surface area contributed by atoms with Gasteiger partial charge in [0.2, 0.25) is 0 Å². The van der Waals surface area contributed by atoms with E-state index in [-0.39, 0.29) is 18.6 Å². The van der Waals surface area contributed by atoms with Crippen molar-refractivity contribution < 1.29 is 19.4 Å². The number of amides is 1. The number of aliphatic carboxylic acids is 1. The molecule has 6 heteroatoms. The summed E-state index contributed by atoms with van der Waals surface area (Å²) >= 11 is 0. The van der Waals surface area contributed by atoms with E-state index in [0.29, 0.717) is 24.2 Å². The van der Waals surface area contributed by atoms with Gasteiger partial charge in [0.1, 0.15) is 5.75 Å². The fourth-order valence-electron chi connectivity index (χ4n) is 2.65. The van der Waals surface area contributed by atoms with E-state index in [1.54, 1.807) is 24.3 Å². The highest BCUT2D eigenvalue weighted by atomic mass is 16.5. The summed E-state index contributed by atoms with van der Waals surface area (Å²) in [6.07, 6.45) is 3.05. The van der Waals surface area contributed by atoms with E-state index in [2.05, 4.69) is 5.32 Å². The highest BCUT2D eigenvalue weighted by Gasteiger charge is 2.31. The molecule has 0 saturated heterocycles. The van der Waals surface area contributed by atoms with Gasteiger partial charge >= 0.3 is 5.97 Å². The molecule has 2 atom stereocenters. The fourth-order valence-corrected chi connectivity index (χ4v) is 2.65. The average molecular weight is 302 g/mol. The summed E-state index contributed by atoms with van der Waals surface area (Å²) in [6, 6.07) is 8.18. The highest BCUT2D eigenvalue weighted by Crippen LogP contribution is 2.24. The number of nitrogens with zero attached hydrogens (tertiary/aromatic N) is 1. The van der Waals surface area contributed by atoms with Crippen LogP contribution in [0.2, 0.25) is 0 Å². The van der Waals surface area contributed by atoms with Crippen LogP contribution in [0.4, 0.5) is 0 Å². The lowest BCUT2D eigenvalue weighted by molar-refractivity contribution is -0.144. The molecule has 6 nitrogen and oxygen atoms in total. The molecule has 0 radical (unpaired) electrons. The summed E-state index contributed by atoms with van der Waals surface area (Å²) < 4.78 is 5.34. The Morgan fingerprint density at radius 2 is 2.14 bits per heavy atom. The summed E-state index contributed by atoms with van der Waals surface area (Å²) in [7, 11) is 0. The number of carbonyl (C=O) groups is 2. The first-order chi connectivity index (χ1) is 10.6. The predicted molar refractivity (Wildman–Crippen MR) is 78.2 cm³/mol. The van der Waals surface area contributed by atoms with Gasteiger partial charge in [-0.3, -0.25) is 9.59 Å². The summed E-state index contributed by atoms with van der Waals surface area (Å²) in [5, 5.41) is 20.7. The second-order valence-corrected chi connectivity index (χ2v) is 5.33. The van der Waals surface area contributed by atoms with E-state index in [4.69, 9.17) is 10.00 Å². The van der Waals surface area contributed by atoms with E-state index < -0.39 is 11.9 Å². The third-order valence-corrected chi connectivity index (χ3v) is 3.76. The summed E-state index contributed by atoms with van der Waals surface area (Å²) in [5.74, 6) is -1.31. The largest absolute Gasteiger partial charge is 0.484 e. The Bertz CT molecular complexity index is 594. The van der Waals surface area contributed by atoms with Crippen LogP contribution in [0.1, 0.15) is 31.2 Å². The Hall–Kier alpha value is -2.55. The number of nitrogens with one attached hydrogen (secondary N) is 1. The zero-order valence-corrected chi connectivity index (χ0v) is 12.1. The third-order valence-electron chi connectivity index (χ3n) is 3.76. The van der Waals surface area contributed by atoms with Crippen LogP contribution in [-0.4, -0.2) is 29.6 Å². The van der Waals surface area contributed by atoms with E-state index in [9.17, 15) is 14.7 Å². The van der Waals surface area contributed by atoms with Crippen molar-refractivity contribution in [2.45, 2.75) is 31.7 Å². The number of ether oxygens (including phenoxy) is 1. The van der Waals surface area contributed by atoms with Crippen LogP contribution < -0.4 is 10.1 Å². The summed E-state index contributed by atoms with van der Waals surface area (Å²) in [6.45, 7) is -0.197. The molecule has 0 spiro atoms. The van der Waals surface area contributed by atoms with Crippen molar-refractivity contribution in [3.63, 3.8) is 0 Å². The van der Waals surface area contributed by atoms with Crippen LogP contribution in [0.25, 0.3) is 0 Å². The molecule has 1 fully saturated rings. The number of benzene rings is 1. The van der Waals surface area contributed by atoms with Crippen molar-refractivity contribution in [2.24, 2.45) is 5.92 Å². The first-order valence-electron chi connectivity index (χ1n) is 7.25. The first kappa shape index (κ1) is 15.8. The van der Waals surface area contributed by atoms with Crippen molar-refractivity contribution in [1.29, 1.82) is 5.26 Å². The van der Waals surface area contributed by atoms with E-state index >= 15 is 0 Å². The molecule has 0 aromatic heterocycles. The Morgan fingerprint density at radius 3 is 2.86 bits per heavy atom. The number of carbonyl (C=O) groups excluding carboxylic acids is 1. The molecule has 116 valence electrons. The van der Waals surface area contributed by atoms with Gasteiger partial charge in [0, 0.05) is 6.04 Å². The lowest BCUT2D eigenvalue weighted by Gasteiger charge is -2.29. The second-order valence-electron chi connectivity index (χ2n) is 5.33. The minimum atomic E-state index is -0.868. The topological polar surface area (TPSA) is 99.4 Å². The normalized spacial score (nSPS) is 20.7. The number of hydrogen-bond donors (Lipinski definition) is 2. The van der Waals surface area contributed by atoms with Crippen LogP contribution in [0.3, 0.4) is 0 Å². The SMILES string of the molecule is N#Cc1cccc(OCC(=O)N[C@H]2CCCC[C@H]2C(=O)O)c1. The lowest BCUT2D eigenvalue weighted by atomic mass is 9.84. The quantitative estimate of drug-likeness (QED) is 0.862. The van der Waals surface area contributed by atoms with Crippen molar-refractivity contribution in [3.8, 4) is 11.8 Å². The molecule has 1 saturated carbocycles. The Labute approximate surface area is 128 Å². The number of nitriles is 1. The molecule has 1 aliphatic carbocycles. The second kappa shape index (κ2) is 7.46. The van der Waals surface area contributed by atoms with Crippen LogP contribution >= 0.6 is 0 Å². The zero-order valence-electron chi connectivity index (χ0n) is 12.1. The highest BCUT2D eigenvalue weighted by molar-refractivity contribution is 5.79. The van der Waals surface area contributed by atoms with Gasteiger partial charge < -0.3 is 15.2 Å². The van der Waals surface area contributed by atoms with Gasteiger partial charge in [0.25, 0.3) is 5.91 Å². The Kier molecular flexibility index (Phi) is 5.37. The van der Waals surface area contributed by atoms with Gasteiger partial charge in [-0.25, -0.2) is 0 Å². The lowest BCUT2D eigenvalue weighted by Crippen LogP contribution is -2.46. The first-order valence-corrected chi connectivity index (χ1v) is 7.25. The molecule has 0 aliphatic heterocycles. The number of carboxylic acid groups (broad SMARTS) is 1. The molecule has 1 aliphatic rings. The standard InChI is InChI=1S/C16H18N2O4/c17-9-11-4-3-5-12(8-11)22-10-15(19)18-14-7-2-1-6-13(14)16(20)21/h3-5,8,13-14H,1-2,6-7,10H2,(H,18,19)(H,20,21)/t13-,14+/m1/s1. The van der Waals surface area contributed by atoms with Crippen molar-refractivity contribution in [1.82, 2.24) is 5.32 Å². The van der Waals surface area contributed by atoms with Crippen LogP contribution in [0, 0.1) is 17.2 Å². The van der Waals surface area contributed by atoms with Crippen molar-refractivity contribution >= 4 is 11.9 Å². The van der Waals surface area contributed by atoms with Gasteiger partial charge in [0.05, 0.1) is 17.6 Å². The molecule has 2 N–H and O–H groups in total. The summed E-state index contributed by atoms with van der Waals surface area (Å²) in [5.41, 5.74) is 0.455. The Morgan fingerprint density at radius 1 is 1.36 bits per heavy atom. The zero-order chi connectivity index (χ0) is 15.9. The monoisotopic (exact) mass is 302 g/mol. The molecule has 0 bridgehead atoms. The molecule has 1 aromatic rings. The predicted octanol–water partition coefficient (Wildman–Crippen LogP) is 1.70. The molecule has 0 heterocycles. The van der Waals surface area contributed by atoms with Crippen molar-refractivity contribution in [3.05, 3.63) is 29.8 Å². The Balaban J connectivity index is 1.87. The van der Waals surface area contributed by atoms with Crippen molar-refractivity contribution in [2.75, 3.05) is 6.61 Å². The van der Waals surface area contributed by atoms with Gasteiger partial charge in [-0.05, 0) is 31.0 Å². The maximum absolute atomic E-state index is 11.9. The maximum Gasteiger partial charge on any atom is 0.308 e. The maximum atomic E-state index is 11.9. The van der Waals surface area contributed by atoms with Gasteiger partial charge in [-0.15, -0.1) is 0 Å². The van der Waals surface area contributed by atoms with Crippen LogP contribution in [0.15, 0.2) is 24.3 Å². The minimum absolute atomic E-state index is 0.197. The number of carboxylic acids is 1. The van der Waals surface area contributed by atoms with E-state index in [1.165, 1.54) is 0 Å². The van der Waals surface area contributed by atoms with Crippen LogP contribution in [-0.2, 0) is 9.59 Å². The molecule has 0 unspecified atom stereocenters. The van der Waals surface area contributed by atoms with Gasteiger partial charge in [0.15, 0.2) is 6.61 Å². The number of hydrogen-bond acceptors (Lipinski definition) is 4. The molecule has 1 amide bonds.